The van der Waals surface area contributed by atoms with Gasteiger partial charge in [0.25, 0.3) is 11.8 Å². The van der Waals surface area contributed by atoms with Gasteiger partial charge in [-0.2, -0.15) is 0 Å². The monoisotopic (exact) mass is 541 g/mol. The number of nitrogens with one attached hydrogen (secondary N) is 1. The van der Waals surface area contributed by atoms with E-state index in [1.54, 1.807) is 31.1 Å². The van der Waals surface area contributed by atoms with Gasteiger partial charge in [-0.15, -0.1) is 0 Å². The zero-order valence-corrected chi connectivity index (χ0v) is 22.6. The van der Waals surface area contributed by atoms with Crippen molar-refractivity contribution in [3.63, 3.8) is 0 Å². The van der Waals surface area contributed by atoms with Gasteiger partial charge in [0.1, 0.15) is 23.6 Å². The number of benzene rings is 2. The van der Waals surface area contributed by atoms with Gasteiger partial charge in [-0.05, 0) is 60.4 Å². The van der Waals surface area contributed by atoms with E-state index in [-0.39, 0.29) is 30.2 Å². The van der Waals surface area contributed by atoms with Crippen molar-refractivity contribution in [3.8, 4) is 5.75 Å². The maximum absolute atomic E-state index is 12.9. The van der Waals surface area contributed by atoms with Gasteiger partial charge in [0.15, 0.2) is 0 Å². The molecule has 206 valence electrons. The van der Waals surface area contributed by atoms with Crippen molar-refractivity contribution in [2.45, 2.75) is 44.5 Å². The minimum absolute atomic E-state index is 0.0307. The second-order valence-corrected chi connectivity index (χ2v) is 10.9. The van der Waals surface area contributed by atoms with Crippen LogP contribution in [0, 0.1) is 0 Å². The van der Waals surface area contributed by atoms with Gasteiger partial charge >= 0.3 is 0 Å². The second kappa shape index (κ2) is 10.3. The SMILES string of the molecule is CN(C)C(=O)c1ccc2cc(CN3CC[C@H](Oc4ccc5c(c4)CN(C4CCC(=O)NC4=O)C5=O)C3)ccc2n1. The third-order valence-corrected chi connectivity index (χ3v) is 7.81. The molecule has 0 saturated carbocycles. The Morgan fingerprint density at radius 1 is 1.07 bits per heavy atom. The number of carbonyl (C=O) groups excluding carboxylic acids is 4. The van der Waals surface area contributed by atoms with Crippen LogP contribution >= 0.6 is 0 Å². The summed E-state index contributed by atoms with van der Waals surface area (Å²) in [7, 11) is 3.43. The molecule has 3 aliphatic heterocycles. The van der Waals surface area contributed by atoms with E-state index < -0.39 is 11.9 Å². The Morgan fingerprint density at radius 2 is 1.93 bits per heavy atom. The van der Waals surface area contributed by atoms with E-state index >= 15 is 0 Å². The van der Waals surface area contributed by atoms with Crippen LogP contribution in [0.4, 0.5) is 0 Å². The first-order valence-electron chi connectivity index (χ1n) is 13.5. The zero-order valence-electron chi connectivity index (χ0n) is 22.6. The zero-order chi connectivity index (χ0) is 28.0. The molecule has 1 unspecified atom stereocenters. The van der Waals surface area contributed by atoms with Crippen LogP contribution in [0.15, 0.2) is 48.5 Å². The van der Waals surface area contributed by atoms with Crippen LogP contribution in [-0.4, -0.2) is 82.6 Å². The fourth-order valence-electron chi connectivity index (χ4n) is 5.73. The number of aromatic nitrogens is 1. The lowest BCUT2D eigenvalue weighted by Crippen LogP contribution is -2.52. The first-order valence-corrected chi connectivity index (χ1v) is 13.5. The predicted molar refractivity (Wildman–Crippen MR) is 147 cm³/mol. The fourth-order valence-corrected chi connectivity index (χ4v) is 5.73. The number of imide groups is 1. The first-order chi connectivity index (χ1) is 19.2. The van der Waals surface area contributed by atoms with Gasteiger partial charge < -0.3 is 14.5 Å². The Bertz CT molecular complexity index is 1540. The van der Waals surface area contributed by atoms with Crippen molar-refractivity contribution in [1.82, 2.24) is 25.0 Å². The molecule has 4 amide bonds. The molecular weight excluding hydrogens is 510 g/mol. The molecule has 0 spiro atoms. The largest absolute Gasteiger partial charge is 0.489 e. The van der Waals surface area contributed by atoms with Gasteiger partial charge in [0.05, 0.1) is 5.52 Å². The number of hydrogen-bond acceptors (Lipinski definition) is 7. The molecule has 4 heterocycles. The average Bonchev–Trinajstić information content (AvgIpc) is 3.51. The Kier molecular flexibility index (Phi) is 6.71. The van der Waals surface area contributed by atoms with Gasteiger partial charge in [-0.25, -0.2) is 4.98 Å². The van der Waals surface area contributed by atoms with E-state index in [2.05, 4.69) is 27.3 Å². The minimum atomic E-state index is -0.626. The second-order valence-electron chi connectivity index (χ2n) is 10.9. The molecule has 0 radical (unpaired) electrons. The number of piperidine rings is 1. The number of rotatable bonds is 6. The Balaban J connectivity index is 1.07. The Morgan fingerprint density at radius 3 is 2.73 bits per heavy atom. The third kappa shape index (κ3) is 5.02. The smallest absolute Gasteiger partial charge is 0.271 e. The summed E-state index contributed by atoms with van der Waals surface area (Å²) in [6.07, 6.45) is 1.50. The molecule has 6 rings (SSSR count). The third-order valence-electron chi connectivity index (χ3n) is 7.81. The number of ether oxygens (including phenoxy) is 1. The summed E-state index contributed by atoms with van der Waals surface area (Å²) in [4.78, 5) is 58.9. The molecule has 1 N–H and O–H groups in total. The number of hydrogen-bond donors (Lipinski definition) is 1. The molecule has 2 atom stereocenters. The summed E-state index contributed by atoms with van der Waals surface area (Å²) in [6.45, 7) is 2.80. The van der Waals surface area contributed by atoms with Crippen LogP contribution in [0.3, 0.4) is 0 Å². The number of nitrogens with zero attached hydrogens (tertiary/aromatic N) is 4. The predicted octanol–water partition coefficient (Wildman–Crippen LogP) is 2.35. The van der Waals surface area contributed by atoms with Crippen LogP contribution in [0.5, 0.6) is 5.75 Å². The molecule has 0 bridgehead atoms. The lowest BCUT2D eigenvalue weighted by Gasteiger charge is -2.29. The van der Waals surface area contributed by atoms with E-state index in [9.17, 15) is 19.2 Å². The standard InChI is InChI=1S/C30H31N5O5/c1-33(2)30(39)25-8-4-19-13-18(3-7-24(19)31-25)15-34-12-11-22(17-34)40-21-5-6-23-20(14-21)16-35(29(23)38)26-9-10-27(36)32-28(26)37/h3-8,13-14,22,26H,9-12,15-17H2,1-2H3,(H,32,36,37)/t22-,26?/m0/s1. The molecule has 3 aliphatic rings. The van der Waals surface area contributed by atoms with E-state index in [0.29, 0.717) is 30.0 Å². The topological polar surface area (TPSA) is 112 Å². The normalized spacial score (nSPS) is 21.1. The number of amides is 4. The summed E-state index contributed by atoms with van der Waals surface area (Å²) in [5.41, 5.74) is 3.82. The highest BCUT2D eigenvalue weighted by Crippen LogP contribution is 2.31. The molecule has 40 heavy (non-hydrogen) atoms. The van der Waals surface area contributed by atoms with Gasteiger partial charge in [0, 0.05) is 57.6 Å². The highest BCUT2D eigenvalue weighted by molar-refractivity contribution is 6.05. The summed E-state index contributed by atoms with van der Waals surface area (Å²) < 4.78 is 6.30. The molecule has 2 fully saturated rings. The number of pyridine rings is 1. The average molecular weight is 542 g/mol. The Hall–Kier alpha value is -4.31. The number of fused-ring (bicyclic) bond motifs is 2. The highest BCUT2D eigenvalue weighted by Gasteiger charge is 2.39. The highest BCUT2D eigenvalue weighted by atomic mass is 16.5. The number of likely N-dealkylation sites (tertiary alicyclic amines) is 1. The molecular formula is C30H31N5O5. The van der Waals surface area contributed by atoms with E-state index in [0.717, 1.165) is 42.5 Å². The molecule has 10 heteroatoms. The molecule has 3 aromatic rings. The van der Waals surface area contributed by atoms with Crippen LogP contribution in [0.2, 0.25) is 0 Å². The number of carbonyl (C=O) groups is 4. The van der Waals surface area contributed by atoms with Crippen molar-refractivity contribution in [2.75, 3.05) is 27.2 Å². The van der Waals surface area contributed by atoms with Crippen molar-refractivity contribution >= 4 is 34.5 Å². The van der Waals surface area contributed by atoms with E-state index in [4.69, 9.17) is 4.74 Å². The molecule has 1 aromatic heterocycles. The van der Waals surface area contributed by atoms with Crippen molar-refractivity contribution in [1.29, 1.82) is 0 Å². The fraction of sp³-hybridized carbons (Fsp3) is 0.367. The van der Waals surface area contributed by atoms with Crippen molar-refractivity contribution < 1.29 is 23.9 Å². The first kappa shape index (κ1) is 25.9. The maximum atomic E-state index is 12.9. The summed E-state index contributed by atoms with van der Waals surface area (Å²) in [5, 5.41) is 3.33. The van der Waals surface area contributed by atoms with E-state index in [1.165, 1.54) is 10.5 Å². The maximum Gasteiger partial charge on any atom is 0.271 e. The lowest BCUT2D eigenvalue weighted by molar-refractivity contribution is -0.136. The molecule has 10 nitrogen and oxygen atoms in total. The van der Waals surface area contributed by atoms with Crippen LogP contribution in [0.25, 0.3) is 10.9 Å². The lowest BCUT2D eigenvalue weighted by atomic mass is 10.0. The summed E-state index contributed by atoms with van der Waals surface area (Å²) >= 11 is 0. The van der Waals surface area contributed by atoms with Gasteiger partial charge in [-0.1, -0.05) is 12.1 Å². The molecule has 2 saturated heterocycles. The van der Waals surface area contributed by atoms with Crippen LogP contribution in [0.1, 0.15) is 51.2 Å². The molecule has 2 aromatic carbocycles. The Labute approximate surface area is 231 Å². The van der Waals surface area contributed by atoms with Gasteiger partial charge in [-0.3, -0.25) is 29.4 Å². The van der Waals surface area contributed by atoms with Crippen molar-refractivity contribution in [2.24, 2.45) is 0 Å². The van der Waals surface area contributed by atoms with Crippen molar-refractivity contribution in [3.05, 3.63) is 70.9 Å². The molecule has 0 aliphatic carbocycles. The van der Waals surface area contributed by atoms with Gasteiger partial charge in [0.2, 0.25) is 11.8 Å². The summed E-state index contributed by atoms with van der Waals surface area (Å²) in [5.74, 6) is -0.295. The van der Waals surface area contributed by atoms with Crippen LogP contribution < -0.4 is 10.1 Å². The minimum Gasteiger partial charge on any atom is -0.489 e. The summed E-state index contributed by atoms with van der Waals surface area (Å²) in [6, 6.07) is 14.7. The van der Waals surface area contributed by atoms with E-state index in [1.807, 2.05) is 24.3 Å². The quantitative estimate of drug-likeness (QED) is 0.477. The van der Waals surface area contributed by atoms with Crippen LogP contribution in [-0.2, 0) is 22.7 Å².